The van der Waals surface area contributed by atoms with Crippen molar-refractivity contribution in [2.45, 2.75) is 19.9 Å². The van der Waals surface area contributed by atoms with Crippen molar-refractivity contribution in [2.75, 3.05) is 6.61 Å². The zero-order chi connectivity index (χ0) is 12.3. The Labute approximate surface area is 101 Å². The summed E-state index contributed by atoms with van der Waals surface area (Å²) in [5, 5.41) is 4.28. The summed E-state index contributed by atoms with van der Waals surface area (Å²) in [6.07, 6.45) is 3.57. The van der Waals surface area contributed by atoms with Gasteiger partial charge in [0.2, 0.25) is 0 Å². The van der Waals surface area contributed by atoms with Gasteiger partial charge < -0.3 is 10.5 Å². The van der Waals surface area contributed by atoms with Crippen molar-refractivity contribution in [2.24, 2.45) is 5.73 Å². The van der Waals surface area contributed by atoms with Crippen LogP contribution in [0.3, 0.4) is 0 Å². The van der Waals surface area contributed by atoms with E-state index in [-0.39, 0.29) is 6.04 Å². The van der Waals surface area contributed by atoms with E-state index in [1.807, 2.05) is 36.0 Å². The smallest absolute Gasteiger partial charge is 0.157 e. The Morgan fingerprint density at radius 1 is 1.41 bits per heavy atom. The number of hydrogen-bond acceptors (Lipinski definition) is 3. The molecule has 90 valence electrons. The Kier molecular flexibility index (Phi) is 3.44. The van der Waals surface area contributed by atoms with Gasteiger partial charge in [0.05, 0.1) is 18.1 Å². The molecule has 0 aliphatic carbocycles. The van der Waals surface area contributed by atoms with Crippen LogP contribution in [-0.4, -0.2) is 22.4 Å². The third-order valence-electron chi connectivity index (χ3n) is 2.43. The van der Waals surface area contributed by atoms with Gasteiger partial charge in [-0.15, -0.1) is 0 Å². The highest BCUT2D eigenvalue weighted by molar-refractivity contribution is 5.40. The third kappa shape index (κ3) is 2.85. The molecule has 0 spiro atoms. The van der Waals surface area contributed by atoms with Gasteiger partial charge in [0.1, 0.15) is 6.61 Å². The molecule has 4 nitrogen and oxygen atoms in total. The second kappa shape index (κ2) is 5.01. The van der Waals surface area contributed by atoms with E-state index in [1.165, 1.54) is 5.56 Å². The van der Waals surface area contributed by atoms with Crippen LogP contribution in [0, 0.1) is 6.92 Å². The summed E-state index contributed by atoms with van der Waals surface area (Å²) in [5.74, 6) is 0.741. The third-order valence-corrected chi connectivity index (χ3v) is 2.43. The molecule has 0 aliphatic heterocycles. The van der Waals surface area contributed by atoms with Crippen LogP contribution < -0.4 is 10.5 Å². The van der Waals surface area contributed by atoms with E-state index in [9.17, 15) is 0 Å². The molecular formula is C13H17N3O. The predicted octanol–water partition coefficient (Wildman–Crippen LogP) is 1.91. The van der Waals surface area contributed by atoms with Crippen molar-refractivity contribution in [1.82, 2.24) is 9.78 Å². The molecule has 0 amide bonds. The largest absolute Gasteiger partial charge is 0.489 e. The number of para-hydroxylation sites is 1. The lowest BCUT2D eigenvalue weighted by Crippen LogP contribution is -2.23. The molecule has 4 heteroatoms. The van der Waals surface area contributed by atoms with E-state index >= 15 is 0 Å². The molecule has 0 bridgehead atoms. The summed E-state index contributed by atoms with van der Waals surface area (Å²) in [7, 11) is 0. The first-order valence-electron chi connectivity index (χ1n) is 5.66. The Hall–Kier alpha value is -1.81. The summed E-state index contributed by atoms with van der Waals surface area (Å²) in [6.45, 7) is 4.46. The second-order valence-corrected chi connectivity index (χ2v) is 4.20. The number of ether oxygens (including phenoxy) is 1. The van der Waals surface area contributed by atoms with E-state index in [0.29, 0.717) is 6.61 Å². The number of aryl methyl sites for hydroxylation is 1. The topological polar surface area (TPSA) is 53.1 Å². The Morgan fingerprint density at radius 3 is 2.88 bits per heavy atom. The molecule has 2 N–H and O–H groups in total. The minimum absolute atomic E-state index is 0.0248. The molecule has 0 saturated heterocycles. The maximum Gasteiger partial charge on any atom is 0.157 e. The average molecular weight is 231 g/mol. The molecule has 0 saturated carbocycles. The van der Waals surface area contributed by atoms with Crippen LogP contribution in [0.25, 0.3) is 5.69 Å². The summed E-state index contributed by atoms with van der Waals surface area (Å²) >= 11 is 0. The molecule has 1 heterocycles. The minimum atomic E-state index is 0.0248. The molecule has 1 aromatic carbocycles. The van der Waals surface area contributed by atoms with Gasteiger partial charge in [0, 0.05) is 6.04 Å². The molecule has 1 atom stereocenters. The average Bonchev–Trinajstić information content (AvgIpc) is 2.75. The van der Waals surface area contributed by atoms with Crippen molar-refractivity contribution in [3.05, 3.63) is 42.2 Å². The van der Waals surface area contributed by atoms with E-state index in [4.69, 9.17) is 10.5 Å². The fourth-order valence-electron chi connectivity index (χ4n) is 1.56. The van der Waals surface area contributed by atoms with Gasteiger partial charge in [-0.05, 0) is 25.5 Å². The van der Waals surface area contributed by atoms with Crippen molar-refractivity contribution in [3.8, 4) is 11.4 Å². The van der Waals surface area contributed by atoms with Gasteiger partial charge in [-0.2, -0.15) is 5.10 Å². The Bertz CT molecular complexity index is 491. The maximum absolute atomic E-state index is 5.63. The van der Waals surface area contributed by atoms with Crippen LogP contribution in [0.4, 0.5) is 0 Å². The van der Waals surface area contributed by atoms with Crippen LogP contribution in [0.5, 0.6) is 5.75 Å². The molecule has 2 rings (SSSR count). The van der Waals surface area contributed by atoms with Gasteiger partial charge in [-0.25, -0.2) is 4.68 Å². The quantitative estimate of drug-likeness (QED) is 0.874. The zero-order valence-corrected chi connectivity index (χ0v) is 10.1. The first-order valence-corrected chi connectivity index (χ1v) is 5.66. The summed E-state index contributed by atoms with van der Waals surface area (Å²) < 4.78 is 7.31. The van der Waals surface area contributed by atoms with E-state index in [0.717, 1.165) is 11.4 Å². The number of aromatic nitrogens is 2. The predicted molar refractivity (Wildman–Crippen MR) is 67.4 cm³/mol. The SMILES string of the molecule is Cc1ccccc1-n1cc(OCC(C)N)cn1. The van der Waals surface area contributed by atoms with Crippen LogP contribution in [0.15, 0.2) is 36.7 Å². The fourth-order valence-corrected chi connectivity index (χ4v) is 1.56. The summed E-state index contributed by atoms with van der Waals surface area (Å²) in [6, 6.07) is 8.11. The lowest BCUT2D eigenvalue weighted by molar-refractivity contribution is 0.296. The Morgan fingerprint density at radius 2 is 2.18 bits per heavy atom. The highest BCUT2D eigenvalue weighted by atomic mass is 16.5. The second-order valence-electron chi connectivity index (χ2n) is 4.20. The maximum atomic E-state index is 5.63. The summed E-state index contributed by atoms with van der Waals surface area (Å²) in [5.41, 5.74) is 7.86. The van der Waals surface area contributed by atoms with Crippen molar-refractivity contribution >= 4 is 0 Å². The molecule has 0 aliphatic rings. The van der Waals surface area contributed by atoms with E-state index in [2.05, 4.69) is 18.1 Å². The van der Waals surface area contributed by atoms with Crippen LogP contribution >= 0.6 is 0 Å². The highest BCUT2D eigenvalue weighted by Gasteiger charge is 2.04. The molecule has 2 aromatic rings. The first-order chi connectivity index (χ1) is 8.16. The van der Waals surface area contributed by atoms with E-state index < -0.39 is 0 Å². The summed E-state index contributed by atoms with van der Waals surface area (Å²) in [4.78, 5) is 0. The molecule has 0 radical (unpaired) electrons. The van der Waals surface area contributed by atoms with Gasteiger partial charge in [-0.1, -0.05) is 18.2 Å². The number of nitrogens with two attached hydrogens (primary N) is 1. The first kappa shape index (κ1) is 11.7. The number of benzene rings is 1. The number of hydrogen-bond donors (Lipinski definition) is 1. The lowest BCUT2D eigenvalue weighted by atomic mass is 10.2. The Balaban J connectivity index is 2.16. The van der Waals surface area contributed by atoms with E-state index in [1.54, 1.807) is 6.20 Å². The van der Waals surface area contributed by atoms with Gasteiger partial charge in [0.15, 0.2) is 5.75 Å². The number of rotatable bonds is 4. The van der Waals surface area contributed by atoms with Crippen LogP contribution in [0.2, 0.25) is 0 Å². The van der Waals surface area contributed by atoms with Gasteiger partial charge in [-0.3, -0.25) is 0 Å². The highest BCUT2D eigenvalue weighted by Crippen LogP contribution is 2.16. The normalized spacial score (nSPS) is 12.4. The van der Waals surface area contributed by atoms with Gasteiger partial charge >= 0.3 is 0 Å². The van der Waals surface area contributed by atoms with Crippen molar-refractivity contribution < 1.29 is 4.74 Å². The van der Waals surface area contributed by atoms with Crippen LogP contribution in [-0.2, 0) is 0 Å². The molecular weight excluding hydrogens is 214 g/mol. The standard InChI is InChI=1S/C13H17N3O/c1-10-5-3-4-6-13(10)16-8-12(7-15-16)17-9-11(2)14/h3-8,11H,9,14H2,1-2H3. The van der Waals surface area contributed by atoms with Crippen molar-refractivity contribution in [1.29, 1.82) is 0 Å². The fraction of sp³-hybridized carbons (Fsp3) is 0.308. The number of nitrogens with zero attached hydrogens (tertiary/aromatic N) is 2. The van der Waals surface area contributed by atoms with Gasteiger partial charge in [0.25, 0.3) is 0 Å². The molecule has 1 unspecified atom stereocenters. The van der Waals surface area contributed by atoms with Crippen molar-refractivity contribution in [3.63, 3.8) is 0 Å². The van der Waals surface area contributed by atoms with Crippen LogP contribution in [0.1, 0.15) is 12.5 Å². The molecule has 0 fully saturated rings. The molecule has 17 heavy (non-hydrogen) atoms. The minimum Gasteiger partial charge on any atom is -0.489 e. The monoisotopic (exact) mass is 231 g/mol. The zero-order valence-electron chi connectivity index (χ0n) is 10.1. The lowest BCUT2D eigenvalue weighted by Gasteiger charge is -2.06. The molecule has 1 aromatic heterocycles.